The Kier molecular flexibility index (Phi) is 6.96. The van der Waals surface area contributed by atoms with Gasteiger partial charge in [-0.2, -0.15) is 0 Å². The van der Waals surface area contributed by atoms with Gasteiger partial charge in [-0.1, -0.05) is 18.2 Å². The van der Waals surface area contributed by atoms with Gasteiger partial charge in [0.25, 0.3) is 5.91 Å². The summed E-state index contributed by atoms with van der Waals surface area (Å²) in [6.45, 7) is 1.77. The van der Waals surface area contributed by atoms with Gasteiger partial charge in [0.15, 0.2) is 0 Å². The summed E-state index contributed by atoms with van der Waals surface area (Å²) in [5.41, 5.74) is 2.23. The molecular weight excluding hydrogens is 558 g/mol. The quantitative estimate of drug-likeness (QED) is 0.263. The summed E-state index contributed by atoms with van der Waals surface area (Å²) < 4.78 is 39.9. The fourth-order valence-corrected chi connectivity index (χ4v) is 4.50. The van der Waals surface area contributed by atoms with Crippen molar-refractivity contribution in [3.8, 4) is 0 Å². The number of hydrogen-bond acceptors (Lipinski definition) is 5. The van der Waals surface area contributed by atoms with Crippen LogP contribution in [-0.4, -0.2) is 24.6 Å². The number of fused-ring (bicyclic) bond motifs is 1. The third-order valence-corrected chi connectivity index (χ3v) is 6.35. The Morgan fingerprint density at radius 2 is 1.82 bits per heavy atom. The van der Waals surface area contributed by atoms with Crippen LogP contribution in [0.1, 0.15) is 28.9 Å². The molecule has 1 N–H and O–H groups in total. The van der Waals surface area contributed by atoms with Crippen LogP contribution < -0.4 is 9.62 Å². The monoisotopic (exact) mass is 575 g/mol. The fraction of sp³-hybridized carbons (Fsp3) is 0.0870. The van der Waals surface area contributed by atoms with Crippen LogP contribution in [-0.2, 0) is 11.3 Å². The third kappa shape index (κ3) is 5.02. The molecule has 168 valence electrons. The highest BCUT2D eigenvalue weighted by molar-refractivity contribution is 14.1. The zero-order valence-electron chi connectivity index (χ0n) is 17.2. The molecule has 1 aromatic heterocycles. The van der Waals surface area contributed by atoms with Crippen LogP contribution in [0, 0.1) is 9.39 Å². The second-order valence-corrected chi connectivity index (χ2v) is 9.17. The number of carbonyl (C=O) groups excluding carboxylic acids is 1. The SMILES string of the molecule is CC(NC(=O)c1ccc(I)cc1N(c1cccc2nccnc12)S(=O)[O-])c1ccc(F)cc1. The zero-order valence-corrected chi connectivity index (χ0v) is 20.2. The number of carbonyl (C=O) groups is 1. The summed E-state index contributed by atoms with van der Waals surface area (Å²) in [6.07, 6.45) is 3.00. The highest BCUT2D eigenvalue weighted by atomic mass is 127. The maximum Gasteiger partial charge on any atom is 0.253 e. The maximum atomic E-state index is 13.2. The molecule has 0 saturated heterocycles. The minimum Gasteiger partial charge on any atom is -0.755 e. The molecule has 2 unspecified atom stereocenters. The molecule has 4 rings (SSSR count). The molecule has 33 heavy (non-hydrogen) atoms. The average molecular weight is 575 g/mol. The number of hydrogen-bond donors (Lipinski definition) is 1. The van der Waals surface area contributed by atoms with Crippen LogP contribution in [0.4, 0.5) is 15.8 Å². The summed E-state index contributed by atoms with van der Waals surface area (Å²) in [6, 6.07) is 15.3. The standard InChI is InChI=1S/C23H18FIN4O3S/c1-14(15-5-7-16(24)8-6-15)28-23(30)18-10-9-17(25)13-21(18)29(33(31)32)20-4-2-3-19-22(20)27-12-11-26-19/h2-14H,1H3,(H,28,30)(H,31,32)/p-1. The van der Waals surface area contributed by atoms with Crippen molar-refractivity contribution in [2.24, 2.45) is 0 Å². The largest absolute Gasteiger partial charge is 0.755 e. The molecular formula is C23H17FIN4O3S-. The van der Waals surface area contributed by atoms with Gasteiger partial charge in [-0.15, -0.1) is 0 Å². The lowest BCUT2D eigenvalue weighted by Crippen LogP contribution is -2.29. The Labute approximate surface area is 205 Å². The summed E-state index contributed by atoms with van der Waals surface area (Å²) in [5, 5.41) is 2.85. The molecule has 0 aliphatic rings. The fourth-order valence-electron chi connectivity index (χ4n) is 3.41. The number of halogens is 2. The molecule has 0 aliphatic carbocycles. The number of anilines is 2. The molecule has 4 aromatic rings. The number of para-hydroxylation sites is 1. The van der Waals surface area contributed by atoms with Gasteiger partial charge < -0.3 is 9.87 Å². The molecule has 7 nitrogen and oxygen atoms in total. The lowest BCUT2D eigenvalue weighted by Gasteiger charge is -2.29. The lowest BCUT2D eigenvalue weighted by atomic mass is 10.1. The van der Waals surface area contributed by atoms with E-state index in [4.69, 9.17) is 0 Å². The van der Waals surface area contributed by atoms with Gasteiger partial charge in [-0.3, -0.25) is 23.3 Å². The molecule has 0 radical (unpaired) electrons. The number of aromatic nitrogens is 2. The smallest absolute Gasteiger partial charge is 0.253 e. The van der Waals surface area contributed by atoms with Crippen LogP contribution >= 0.6 is 22.6 Å². The van der Waals surface area contributed by atoms with Gasteiger partial charge in [-0.05, 0) is 77.5 Å². The first-order chi connectivity index (χ1) is 15.8. The van der Waals surface area contributed by atoms with Gasteiger partial charge in [0.05, 0.1) is 39.8 Å². The van der Waals surface area contributed by atoms with E-state index in [0.29, 0.717) is 16.6 Å². The number of nitrogens with one attached hydrogen (secondary N) is 1. The van der Waals surface area contributed by atoms with Crippen LogP contribution in [0.25, 0.3) is 11.0 Å². The third-order valence-electron chi connectivity index (χ3n) is 4.99. The van der Waals surface area contributed by atoms with Crippen molar-refractivity contribution in [1.82, 2.24) is 15.3 Å². The molecule has 0 spiro atoms. The van der Waals surface area contributed by atoms with Crippen molar-refractivity contribution < 1.29 is 17.9 Å². The molecule has 0 fully saturated rings. The average Bonchev–Trinajstić information content (AvgIpc) is 2.79. The van der Waals surface area contributed by atoms with Crippen molar-refractivity contribution in [3.63, 3.8) is 0 Å². The van der Waals surface area contributed by atoms with E-state index < -0.39 is 23.2 Å². The second-order valence-electron chi connectivity index (χ2n) is 7.12. The van der Waals surface area contributed by atoms with Crippen molar-refractivity contribution >= 4 is 62.2 Å². The Balaban J connectivity index is 1.77. The van der Waals surface area contributed by atoms with E-state index >= 15 is 0 Å². The van der Waals surface area contributed by atoms with E-state index in [1.54, 1.807) is 55.5 Å². The van der Waals surface area contributed by atoms with Gasteiger partial charge >= 0.3 is 0 Å². The van der Waals surface area contributed by atoms with Gasteiger partial charge in [0.1, 0.15) is 11.3 Å². The summed E-state index contributed by atoms with van der Waals surface area (Å²) in [7, 11) is 0. The van der Waals surface area contributed by atoms with Crippen molar-refractivity contribution in [2.45, 2.75) is 13.0 Å². The number of nitrogens with zero attached hydrogens (tertiary/aromatic N) is 3. The second kappa shape index (κ2) is 9.89. The van der Waals surface area contributed by atoms with E-state index in [1.165, 1.54) is 24.5 Å². The molecule has 0 bridgehead atoms. The molecule has 0 saturated carbocycles. The van der Waals surface area contributed by atoms with E-state index in [0.717, 1.165) is 7.88 Å². The predicted octanol–water partition coefficient (Wildman–Crippen LogP) is 4.80. The van der Waals surface area contributed by atoms with Crippen LogP contribution in [0.3, 0.4) is 0 Å². The zero-order chi connectivity index (χ0) is 23.5. The van der Waals surface area contributed by atoms with E-state index in [2.05, 4.69) is 37.9 Å². The number of rotatable bonds is 6. The molecule has 1 amide bonds. The maximum absolute atomic E-state index is 13.2. The first-order valence-electron chi connectivity index (χ1n) is 9.80. The van der Waals surface area contributed by atoms with E-state index in [-0.39, 0.29) is 22.8 Å². The Hall–Kier alpha value is -2.96. The van der Waals surface area contributed by atoms with Gasteiger partial charge in [0.2, 0.25) is 0 Å². The van der Waals surface area contributed by atoms with Crippen molar-refractivity contribution in [1.29, 1.82) is 0 Å². The molecule has 2 atom stereocenters. The topological polar surface area (TPSA) is 98.2 Å². The Morgan fingerprint density at radius 1 is 1.09 bits per heavy atom. The molecule has 10 heteroatoms. The van der Waals surface area contributed by atoms with Gasteiger partial charge in [-0.25, -0.2) is 4.39 Å². The normalized spacial score (nSPS) is 12.8. The molecule has 3 aromatic carbocycles. The number of benzene rings is 3. The highest BCUT2D eigenvalue weighted by Crippen LogP contribution is 2.35. The lowest BCUT2D eigenvalue weighted by molar-refractivity contribution is 0.0940. The van der Waals surface area contributed by atoms with E-state index in [9.17, 15) is 17.9 Å². The summed E-state index contributed by atoms with van der Waals surface area (Å²) >= 11 is -0.703. The van der Waals surface area contributed by atoms with Gasteiger partial charge in [0, 0.05) is 16.0 Å². The summed E-state index contributed by atoms with van der Waals surface area (Å²) in [4.78, 5) is 21.7. The van der Waals surface area contributed by atoms with Crippen LogP contribution in [0.2, 0.25) is 0 Å². The highest BCUT2D eigenvalue weighted by Gasteiger charge is 2.23. The van der Waals surface area contributed by atoms with Crippen LogP contribution in [0.5, 0.6) is 0 Å². The van der Waals surface area contributed by atoms with Crippen molar-refractivity contribution in [3.05, 3.63) is 93.6 Å². The van der Waals surface area contributed by atoms with E-state index in [1.807, 2.05) is 0 Å². The Bertz CT molecular complexity index is 1350. The first kappa shape index (κ1) is 23.2. The first-order valence-corrected chi connectivity index (χ1v) is 11.9. The number of amides is 1. The molecule has 1 heterocycles. The minimum atomic E-state index is -2.76. The predicted molar refractivity (Wildman–Crippen MR) is 132 cm³/mol. The summed E-state index contributed by atoms with van der Waals surface area (Å²) in [5.74, 6) is -0.844. The Morgan fingerprint density at radius 3 is 2.55 bits per heavy atom. The van der Waals surface area contributed by atoms with Crippen LogP contribution in [0.15, 0.2) is 73.1 Å². The molecule has 0 aliphatic heterocycles. The van der Waals surface area contributed by atoms with Crippen molar-refractivity contribution in [2.75, 3.05) is 4.31 Å². The minimum absolute atomic E-state index is 0.162.